The first-order chi connectivity index (χ1) is 7.69. The Morgan fingerprint density at radius 3 is 2.88 bits per heavy atom. The zero-order chi connectivity index (χ0) is 12.0. The van der Waals surface area contributed by atoms with Crippen LogP contribution in [0, 0.1) is 5.82 Å². The van der Waals surface area contributed by atoms with Gasteiger partial charge in [0.2, 0.25) is 0 Å². The van der Waals surface area contributed by atoms with Gasteiger partial charge in [0, 0.05) is 5.33 Å². The molecule has 0 atom stereocenters. The molecule has 16 heavy (non-hydrogen) atoms. The standard InChI is InChI=1S/C12H14BrFO2/c1-2-16-12(15)11-6-5-10(14)8-9(11)4-3-7-13/h5-6,8H,2-4,7H2,1H3. The van der Waals surface area contributed by atoms with E-state index in [4.69, 9.17) is 4.74 Å². The van der Waals surface area contributed by atoms with Crippen molar-refractivity contribution in [3.05, 3.63) is 35.1 Å². The fourth-order valence-electron chi connectivity index (χ4n) is 1.43. The Balaban J connectivity index is 2.92. The molecule has 1 rings (SSSR count). The zero-order valence-electron chi connectivity index (χ0n) is 9.13. The molecular weight excluding hydrogens is 275 g/mol. The molecule has 1 aromatic carbocycles. The van der Waals surface area contributed by atoms with Crippen molar-refractivity contribution in [2.24, 2.45) is 0 Å². The van der Waals surface area contributed by atoms with Crippen molar-refractivity contribution in [3.8, 4) is 0 Å². The lowest BCUT2D eigenvalue weighted by Gasteiger charge is -2.08. The molecule has 0 saturated heterocycles. The zero-order valence-corrected chi connectivity index (χ0v) is 10.7. The van der Waals surface area contributed by atoms with Gasteiger partial charge < -0.3 is 4.74 Å². The topological polar surface area (TPSA) is 26.3 Å². The normalized spacial score (nSPS) is 10.2. The van der Waals surface area contributed by atoms with Crippen molar-refractivity contribution in [3.63, 3.8) is 0 Å². The number of ether oxygens (including phenoxy) is 1. The van der Waals surface area contributed by atoms with E-state index in [1.54, 1.807) is 6.92 Å². The van der Waals surface area contributed by atoms with Gasteiger partial charge in [-0.3, -0.25) is 0 Å². The molecule has 0 radical (unpaired) electrons. The van der Waals surface area contributed by atoms with E-state index in [0.717, 1.165) is 11.8 Å². The molecule has 0 heterocycles. The summed E-state index contributed by atoms with van der Waals surface area (Å²) in [5.74, 6) is -0.704. The van der Waals surface area contributed by atoms with E-state index in [1.165, 1.54) is 18.2 Å². The van der Waals surface area contributed by atoms with E-state index < -0.39 is 0 Å². The molecule has 0 unspecified atom stereocenters. The van der Waals surface area contributed by atoms with Crippen LogP contribution in [0.3, 0.4) is 0 Å². The van der Waals surface area contributed by atoms with Crippen LogP contribution < -0.4 is 0 Å². The first-order valence-corrected chi connectivity index (χ1v) is 6.32. The summed E-state index contributed by atoms with van der Waals surface area (Å²) in [6.45, 7) is 2.08. The second kappa shape index (κ2) is 6.63. The largest absolute Gasteiger partial charge is 0.462 e. The molecule has 0 aliphatic carbocycles. The van der Waals surface area contributed by atoms with Gasteiger partial charge in [-0.25, -0.2) is 9.18 Å². The van der Waals surface area contributed by atoms with Gasteiger partial charge in [0.1, 0.15) is 5.82 Å². The Kier molecular flexibility index (Phi) is 5.46. The van der Waals surface area contributed by atoms with Gasteiger partial charge in [0.15, 0.2) is 0 Å². The lowest BCUT2D eigenvalue weighted by atomic mass is 10.0. The lowest BCUT2D eigenvalue weighted by Crippen LogP contribution is -2.08. The van der Waals surface area contributed by atoms with Gasteiger partial charge in [0.25, 0.3) is 0 Å². The Hall–Kier alpha value is -0.900. The molecule has 0 spiro atoms. The van der Waals surface area contributed by atoms with Crippen LogP contribution in [-0.2, 0) is 11.2 Å². The van der Waals surface area contributed by atoms with Gasteiger partial charge >= 0.3 is 5.97 Å². The summed E-state index contributed by atoms with van der Waals surface area (Å²) in [5, 5.41) is 0.825. The third-order valence-electron chi connectivity index (χ3n) is 2.14. The molecule has 1 aromatic rings. The van der Waals surface area contributed by atoms with Crippen LogP contribution in [0.1, 0.15) is 29.3 Å². The number of rotatable bonds is 5. The van der Waals surface area contributed by atoms with Crippen molar-refractivity contribution < 1.29 is 13.9 Å². The second-order valence-corrected chi connectivity index (χ2v) is 4.11. The van der Waals surface area contributed by atoms with E-state index in [0.29, 0.717) is 24.2 Å². The maximum Gasteiger partial charge on any atom is 0.338 e. The highest BCUT2D eigenvalue weighted by molar-refractivity contribution is 9.09. The maximum atomic E-state index is 13.1. The number of hydrogen-bond donors (Lipinski definition) is 0. The van der Waals surface area contributed by atoms with E-state index in [9.17, 15) is 9.18 Å². The summed E-state index contributed by atoms with van der Waals surface area (Å²) in [4.78, 5) is 11.6. The lowest BCUT2D eigenvalue weighted by molar-refractivity contribution is 0.0525. The molecule has 0 aliphatic heterocycles. The van der Waals surface area contributed by atoms with Gasteiger partial charge in [-0.2, -0.15) is 0 Å². The summed E-state index contributed by atoms with van der Waals surface area (Å²) < 4.78 is 18.0. The molecule has 2 nitrogen and oxygen atoms in total. The van der Waals surface area contributed by atoms with E-state index in [1.807, 2.05) is 0 Å². The molecule has 88 valence electrons. The fraction of sp³-hybridized carbons (Fsp3) is 0.417. The minimum Gasteiger partial charge on any atom is -0.462 e. The van der Waals surface area contributed by atoms with Gasteiger partial charge in [-0.05, 0) is 43.5 Å². The average molecular weight is 289 g/mol. The van der Waals surface area contributed by atoms with Gasteiger partial charge in [-0.15, -0.1) is 0 Å². The van der Waals surface area contributed by atoms with Gasteiger partial charge in [0.05, 0.1) is 12.2 Å². The molecule has 0 fully saturated rings. The molecule has 0 bridgehead atoms. The predicted molar refractivity (Wildman–Crippen MR) is 64.5 cm³/mol. The highest BCUT2D eigenvalue weighted by Gasteiger charge is 2.12. The molecule has 0 N–H and O–H groups in total. The number of hydrogen-bond acceptors (Lipinski definition) is 2. The van der Waals surface area contributed by atoms with Crippen molar-refractivity contribution in [2.75, 3.05) is 11.9 Å². The van der Waals surface area contributed by atoms with Gasteiger partial charge in [-0.1, -0.05) is 15.9 Å². The number of aryl methyl sites for hydroxylation is 1. The van der Waals surface area contributed by atoms with Crippen LogP contribution in [0.25, 0.3) is 0 Å². The van der Waals surface area contributed by atoms with E-state index in [2.05, 4.69) is 15.9 Å². The Labute approximate surface area is 103 Å². The Morgan fingerprint density at radius 2 is 2.25 bits per heavy atom. The molecular formula is C12H14BrFO2. The van der Waals surface area contributed by atoms with E-state index in [-0.39, 0.29) is 11.8 Å². The SMILES string of the molecule is CCOC(=O)c1ccc(F)cc1CCCBr. The number of alkyl halides is 1. The van der Waals surface area contributed by atoms with Crippen LogP contribution in [-0.4, -0.2) is 17.9 Å². The van der Waals surface area contributed by atoms with Crippen molar-refractivity contribution in [2.45, 2.75) is 19.8 Å². The summed E-state index contributed by atoms with van der Waals surface area (Å²) >= 11 is 3.31. The number of carbonyl (C=O) groups is 1. The maximum absolute atomic E-state index is 13.1. The number of benzene rings is 1. The summed E-state index contributed by atoms with van der Waals surface area (Å²) in [6, 6.07) is 4.16. The molecule has 0 saturated carbocycles. The molecule has 0 amide bonds. The Morgan fingerprint density at radius 1 is 1.50 bits per heavy atom. The number of halogens is 2. The molecule has 0 aromatic heterocycles. The number of esters is 1. The van der Waals surface area contributed by atoms with Crippen molar-refractivity contribution in [1.82, 2.24) is 0 Å². The van der Waals surface area contributed by atoms with Crippen LogP contribution in [0.2, 0.25) is 0 Å². The van der Waals surface area contributed by atoms with Crippen LogP contribution >= 0.6 is 15.9 Å². The smallest absolute Gasteiger partial charge is 0.338 e. The first kappa shape index (κ1) is 13.2. The monoisotopic (exact) mass is 288 g/mol. The number of carbonyl (C=O) groups excluding carboxylic acids is 1. The van der Waals surface area contributed by atoms with Crippen LogP contribution in [0.15, 0.2) is 18.2 Å². The minimum absolute atomic E-state index is 0.322. The van der Waals surface area contributed by atoms with Crippen LogP contribution in [0.5, 0.6) is 0 Å². The highest BCUT2D eigenvalue weighted by atomic mass is 79.9. The minimum atomic E-state index is -0.382. The molecule has 0 aliphatic rings. The highest BCUT2D eigenvalue weighted by Crippen LogP contribution is 2.15. The van der Waals surface area contributed by atoms with Crippen molar-refractivity contribution >= 4 is 21.9 Å². The predicted octanol–water partition coefficient (Wildman–Crippen LogP) is 3.33. The van der Waals surface area contributed by atoms with E-state index >= 15 is 0 Å². The average Bonchev–Trinajstić information content (AvgIpc) is 2.26. The molecule has 4 heteroatoms. The van der Waals surface area contributed by atoms with Crippen LogP contribution in [0.4, 0.5) is 4.39 Å². The quantitative estimate of drug-likeness (QED) is 0.614. The third kappa shape index (κ3) is 3.59. The summed E-state index contributed by atoms with van der Waals surface area (Å²) in [5.41, 5.74) is 1.17. The summed E-state index contributed by atoms with van der Waals surface area (Å²) in [7, 11) is 0. The Bertz CT molecular complexity index is 366. The second-order valence-electron chi connectivity index (χ2n) is 3.31. The third-order valence-corrected chi connectivity index (χ3v) is 2.70. The van der Waals surface area contributed by atoms with Crippen molar-refractivity contribution in [1.29, 1.82) is 0 Å². The first-order valence-electron chi connectivity index (χ1n) is 5.20. The fourth-order valence-corrected chi connectivity index (χ4v) is 1.71. The summed E-state index contributed by atoms with van der Waals surface area (Å²) in [6.07, 6.45) is 1.52.